The van der Waals surface area contributed by atoms with Gasteiger partial charge in [0.05, 0.1) is 18.1 Å². The van der Waals surface area contributed by atoms with Crippen molar-refractivity contribution in [3.8, 4) is 0 Å². The fourth-order valence-corrected chi connectivity index (χ4v) is 5.81. The van der Waals surface area contributed by atoms with Crippen LogP contribution >= 0.6 is 0 Å². The first-order valence-corrected chi connectivity index (χ1v) is 9.62. The van der Waals surface area contributed by atoms with Crippen LogP contribution < -0.4 is 5.32 Å². The Kier molecular flexibility index (Phi) is 4.59. The Balaban J connectivity index is 1.43. The quantitative estimate of drug-likeness (QED) is 0.445. The highest BCUT2D eigenvalue weighted by molar-refractivity contribution is 5.75. The van der Waals surface area contributed by atoms with Crippen molar-refractivity contribution in [1.29, 1.82) is 0 Å². The van der Waals surface area contributed by atoms with E-state index >= 15 is 0 Å². The van der Waals surface area contributed by atoms with Crippen molar-refractivity contribution in [3.05, 3.63) is 0 Å². The number of nitrogens with one attached hydrogen (secondary N) is 1. The molecule has 0 aromatic carbocycles. The van der Waals surface area contributed by atoms with Crippen LogP contribution in [-0.2, 0) is 23.7 Å². The minimum Gasteiger partial charge on any atom is -0.462 e. The molecule has 0 radical (unpaired) electrons. The molecule has 6 atom stereocenters. The molecule has 4 fully saturated rings. The van der Waals surface area contributed by atoms with Gasteiger partial charge in [0.15, 0.2) is 6.29 Å². The molecule has 4 aliphatic rings. The molecule has 2 heterocycles. The van der Waals surface area contributed by atoms with Gasteiger partial charge >= 0.3 is 5.97 Å². The number of fused-ring (bicyclic) bond motifs is 3. The van der Waals surface area contributed by atoms with Gasteiger partial charge in [0.25, 0.3) is 0 Å². The van der Waals surface area contributed by atoms with Crippen molar-refractivity contribution < 1.29 is 23.7 Å². The maximum atomic E-state index is 12.5. The van der Waals surface area contributed by atoms with Gasteiger partial charge in [-0.2, -0.15) is 0 Å². The van der Waals surface area contributed by atoms with E-state index in [9.17, 15) is 4.79 Å². The van der Waals surface area contributed by atoms with Crippen LogP contribution in [0.15, 0.2) is 0 Å². The van der Waals surface area contributed by atoms with Crippen molar-refractivity contribution in [3.63, 3.8) is 0 Å². The van der Waals surface area contributed by atoms with Gasteiger partial charge in [0.2, 0.25) is 0 Å². The third kappa shape index (κ3) is 3.01. The summed E-state index contributed by atoms with van der Waals surface area (Å²) in [7, 11) is 3.24. The third-order valence-corrected chi connectivity index (χ3v) is 7.28. The summed E-state index contributed by atoms with van der Waals surface area (Å²) < 4.78 is 22.2. The number of rotatable bonds is 6. The Morgan fingerprint density at radius 1 is 1.32 bits per heavy atom. The van der Waals surface area contributed by atoms with E-state index in [0.29, 0.717) is 24.9 Å². The van der Waals surface area contributed by atoms with Gasteiger partial charge in [-0.15, -0.1) is 0 Å². The van der Waals surface area contributed by atoms with Crippen LogP contribution in [-0.4, -0.2) is 57.9 Å². The first kappa shape index (κ1) is 17.7. The van der Waals surface area contributed by atoms with Gasteiger partial charge in [-0.1, -0.05) is 6.92 Å². The molecule has 1 spiro atoms. The molecule has 25 heavy (non-hydrogen) atoms. The van der Waals surface area contributed by atoms with E-state index in [1.165, 1.54) is 19.3 Å². The molecule has 0 aromatic heterocycles. The van der Waals surface area contributed by atoms with Gasteiger partial charge in [-0.05, 0) is 43.4 Å². The Morgan fingerprint density at radius 2 is 2.08 bits per heavy atom. The maximum Gasteiger partial charge on any atom is 0.310 e. The molecule has 2 saturated carbocycles. The van der Waals surface area contributed by atoms with Crippen molar-refractivity contribution in [1.82, 2.24) is 5.32 Å². The van der Waals surface area contributed by atoms with Crippen LogP contribution in [0, 0.1) is 23.2 Å². The van der Waals surface area contributed by atoms with E-state index in [0.717, 1.165) is 19.4 Å². The van der Waals surface area contributed by atoms with E-state index in [1.54, 1.807) is 14.2 Å². The molecular weight excluding hydrogens is 322 g/mol. The Bertz CT molecular complexity index is 518. The molecule has 0 aromatic rings. The van der Waals surface area contributed by atoms with E-state index < -0.39 is 0 Å². The summed E-state index contributed by atoms with van der Waals surface area (Å²) >= 11 is 0. The zero-order valence-corrected chi connectivity index (χ0v) is 15.6. The average molecular weight is 353 g/mol. The van der Waals surface area contributed by atoms with Crippen LogP contribution in [0.25, 0.3) is 0 Å². The maximum absolute atomic E-state index is 12.5. The number of epoxide rings is 1. The Labute approximate surface area is 149 Å². The van der Waals surface area contributed by atoms with Crippen LogP contribution in [0.1, 0.15) is 39.0 Å². The highest BCUT2D eigenvalue weighted by Gasteiger charge is 2.64. The number of carbonyl (C=O) groups is 1. The van der Waals surface area contributed by atoms with Crippen molar-refractivity contribution in [2.24, 2.45) is 23.2 Å². The number of hydrogen-bond acceptors (Lipinski definition) is 6. The Morgan fingerprint density at radius 3 is 2.76 bits per heavy atom. The summed E-state index contributed by atoms with van der Waals surface area (Å²) in [5, 5.41) is 3.33. The van der Waals surface area contributed by atoms with Crippen LogP contribution in [0.2, 0.25) is 0 Å². The molecule has 2 aliphatic carbocycles. The van der Waals surface area contributed by atoms with Gasteiger partial charge in [-0.3, -0.25) is 4.79 Å². The molecule has 0 amide bonds. The van der Waals surface area contributed by atoms with Gasteiger partial charge in [0, 0.05) is 33.2 Å². The molecule has 0 unspecified atom stereocenters. The number of ether oxygens (including phenoxy) is 4. The SMILES string of the molecule is COC(CNC[C@@H]1C(=O)O[C@@H]2C[C@@]3(C)CCC[C@]4(CO4)[C@H]3C[C@H]12)OC. The van der Waals surface area contributed by atoms with Gasteiger partial charge in [-0.25, -0.2) is 0 Å². The largest absolute Gasteiger partial charge is 0.462 e. The first-order valence-electron chi connectivity index (χ1n) is 9.62. The third-order valence-electron chi connectivity index (χ3n) is 7.28. The summed E-state index contributed by atoms with van der Waals surface area (Å²) in [5.41, 5.74) is 0.370. The molecule has 0 bridgehead atoms. The summed E-state index contributed by atoms with van der Waals surface area (Å²) in [4.78, 5) is 12.5. The molecule has 2 aliphatic heterocycles. The number of methoxy groups -OCH3 is 2. The van der Waals surface area contributed by atoms with Crippen molar-refractivity contribution in [2.75, 3.05) is 33.9 Å². The van der Waals surface area contributed by atoms with Crippen LogP contribution in [0.3, 0.4) is 0 Å². The lowest BCUT2D eigenvalue weighted by atomic mass is 9.53. The predicted molar refractivity (Wildman–Crippen MR) is 90.9 cm³/mol. The number of hydrogen-bond donors (Lipinski definition) is 1. The van der Waals surface area contributed by atoms with Crippen molar-refractivity contribution in [2.45, 2.75) is 57.0 Å². The van der Waals surface area contributed by atoms with E-state index in [4.69, 9.17) is 18.9 Å². The monoisotopic (exact) mass is 353 g/mol. The number of esters is 1. The van der Waals surface area contributed by atoms with Gasteiger partial charge in [0.1, 0.15) is 6.10 Å². The average Bonchev–Trinajstić information content (AvgIpc) is 3.28. The van der Waals surface area contributed by atoms with E-state index in [1.807, 2.05) is 0 Å². The van der Waals surface area contributed by atoms with Gasteiger partial charge < -0.3 is 24.3 Å². The van der Waals surface area contributed by atoms with Crippen molar-refractivity contribution >= 4 is 5.97 Å². The summed E-state index contributed by atoms with van der Waals surface area (Å²) in [6, 6.07) is 0. The summed E-state index contributed by atoms with van der Waals surface area (Å²) in [5.74, 6) is 0.766. The highest BCUT2D eigenvalue weighted by atomic mass is 16.7. The highest BCUT2D eigenvalue weighted by Crippen LogP contribution is 2.62. The molecular formula is C19H31NO5. The summed E-state index contributed by atoms with van der Waals surface area (Å²) in [6.07, 6.45) is 5.49. The molecule has 6 heteroatoms. The van der Waals surface area contributed by atoms with Crippen LogP contribution in [0.5, 0.6) is 0 Å². The standard InChI is InChI=1S/C19H31NO5/c1-18-5-4-6-19(11-24-19)15(18)7-12-13(17(21)25-14(12)8-18)9-20-10-16(22-2)23-3/h12-16,20H,4-11H2,1-3H3/t12-,13+,14-,15+,18-,19+/m1/s1. The molecule has 1 N–H and O–H groups in total. The summed E-state index contributed by atoms with van der Waals surface area (Å²) in [6.45, 7) is 4.49. The van der Waals surface area contributed by atoms with E-state index in [-0.39, 0.29) is 35.3 Å². The molecule has 4 rings (SSSR count). The lowest BCUT2D eigenvalue weighted by Crippen LogP contribution is -2.51. The lowest BCUT2D eigenvalue weighted by Gasteiger charge is -2.51. The van der Waals surface area contributed by atoms with E-state index in [2.05, 4.69) is 12.2 Å². The smallest absolute Gasteiger partial charge is 0.310 e. The second-order valence-corrected chi connectivity index (χ2v) is 8.66. The topological polar surface area (TPSA) is 69.3 Å². The minimum absolute atomic E-state index is 0.0399. The Hall–Kier alpha value is -0.690. The predicted octanol–water partition coefficient (Wildman–Crippen LogP) is 1.72. The molecule has 2 saturated heterocycles. The fraction of sp³-hybridized carbons (Fsp3) is 0.947. The molecule has 142 valence electrons. The number of carbonyl (C=O) groups excluding carboxylic acids is 1. The second kappa shape index (κ2) is 6.48. The zero-order chi connectivity index (χ0) is 17.7. The fourth-order valence-electron chi connectivity index (χ4n) is 5.81. The lowest BCUT2D eigenvalue weighted by molar-refractivity contribution is -0.147. The normalized spacial score (nSPS) is 45.4. The van der Waals surface area contributed by atoms with Crippen LogP contribution in [0.4, 0.5) is 0 Å². The second-order valence-electron chi connectivity index (χ2n) is 8.66. The first-order chi connectivity index (χ1) is 12.0. The molecule has 6 nitrogen and oxygen atoms in total. The zero-order valence-electron chi connectivity index (χ0n) is 15.6. The minimum atomic E-state index is -0.288.